The van der Waals surface area contributed by atoms with Gasteiger partial charge in [0.25, 0.3) is 0 Å². The van der Waals surface area contributed by atoms with E-state index in [9.17, 15) is 0 Å². The maximum atomic E-state index is 7.55. The number of nitrogens with one attached hydrogen (secondary N) is 1. The zero-order valence-corrected chi connectivity index (χ0v) is 12.7. The molecule has 3 heteroatoms. The van der Waals surface area contributed by atoms with Crippen LogP contribution in [0.25, 0.3) is 0 Å². The fourth-order valence-electron chi connectivity index (χ4n) is 2.28. The molecule has 1 atom stereocenters. The van der Waals surface area contributed by atoms with Gasteiger partial charge in [-0.2, -0.15) is 0 Å². The molecule has 0 spiro atoms. The maximum absolute atomic E-state index is 7.55. The normalized spacial score (nSPS) is 12.2. The number of rotatable bonds is 7. The van der Waals surface area contributed by atoms with Crippen LogP contribution in [0.3, 0.4) is 0 Å². The molecule has 0 radical (unpaired) electrons. The maximum Gasteiger partial charge on any atom is 0.123 e. The molecule has 0 saturated carbocycles. The van der Waals surface area contributed by atoms with Crippen molar-refractivity contribution in [3.63, 3.8) is 0 Å². The lowest BCUT2D eigenvalue weighted by atomic mass is 10.1. The molecule has 0 aromatic heterocycles. The number of hydrogen-bond donors (Lipinski definition) is 2. The molecule has 1 rings (SSSR count). The predicted octanol–water partition coefficient (Wildman–Crippen LogP) is 3.68. The third kappa shape index (κ3) is 3.98. The predicted molar refractivity (Wildman–Crippen MR) is 84.2 cm³/mol. The van der Waals surface area contributed by atoms with Crippen molar-refractivity contribution in [2.24, 2.45) is 5.73 Å². The number of nitrogens with zero attached hydrogens (tertiary/aromatic N) is 1. The summed E-state index contributed by atoms with van der Waals surface area (Å²) < 4.78 is 0. The summed E-state index contributed by atoms with van der Waals surface area (Å²) in [6.07, 6.45) is 3.55. The van der Waals surface area contributed by atoms with Crippen molar-refractivity contribution in [3.05, 3.63) is 29.3 Å². The Hall–Kier alpha value is -1.51. The molecule has 19 heavy (non-hydrogen) atoms. The largest absolute Gasteiger partial charge is 0.384 e. The Balaban J connectivity index is 3.02. The first kappa shape index (κ1) is 15.5. The Kier molecular flexibility index (Phi) is 5.87. The molecular weight excluding hydrogens is 234 g/mol. The van der Waals surface area contributed by atoms with Crippen LogP contribution in [0.4, 0.5) is 5.69 Å². The number of benzene rings is 1. The fraction of sp³-hybridized carbons (Fsp3) is 0.562. The fourth-order valence-corrected chi connectivity index (χ4v) is 2.28. The summed E-state index contributed by atoms with van der Waals surface area (Å²) in [5.74, 6) is 0.146. The molecule has 1 unspecified atom stereocenters. The van der Waals surface area contributed by atoms with Gasteiger partial charge in [-0.05, 0) is 50.5 Å². The summed E-state index contributed by atoms with van der Waals surface area (Å²) >= 11 is 0. The average molecular weight is 261 g/mol. The van der Waals surface area contributed by atoms with Crippen LogP contribution in [-0.2, 0) is 0 Å². The van der Waals surface area contributed by atoms with Crippen molar-refractivity contribution >= 4 is 11.5 Å². The zero-order chi connectivity index (χ0) is 14.4. The summed E-state index contributed by atoms with van der Waals surface area (Å²) in [5, 5.41) is 7.55. The monoisotopic (exact) mass is 261 g/mol. The van der Waals surface area contributed by atoms with E-state index in [4.69, 9.17) is 11.1 Å². The number of amidine groups is 1. The van der Waals surface area contributed by atoms with Crippen molar-refractivity contribution in [1.29, 1.82) is 5.41 Å². The SMILES string of the molecule is CCCCN(c1ccc(C(=N)N)c(C)c1)C(C)CC. The van der Waals surface area contributed by atoms with E-state index in [2.05, 4.69) is 37.8 Å². The first-order valence-corrected chi connectivity index (χ1v) is 7.22. The Morgan fingerprint density at radius 1 is 1.37 bits per heavy atom. The van der Waals surface area contributed by atoms with Crippen LogP contribution >= 0.6 is 0 Å². The van der Waals surface area contributed by atoms with E-state index in [1.807, 2.05) is 13.0 Å². The molecule has 0 aliphatic carbocycles. The Morgan fingerprint density at radius 2 is 2.05 bits per heavy atom. The van der Waals surface area contributed by atoms with Crippen LogP contribution in [0.5, 0.6) is 0 Å². The van der Waals surface area contributed by atoms with E-state index in [0.29, 0.717) is 6.04 Å². The summed E-state index contributed by atoms with van der Waals surface area (Å²) in [6.45, 7) is 9.82. The highest BCUT2D eigenvalue weighted by Gasteiger charge is 2.13. The van der Waals surface area contributed by atoms with Gasteiger partial charge in [0.05, 0.1) is 0 Å². The summed E-state index contributed by atoms with van der Waals surface area (Å²) in [5.41, 5.74) is 8.73. The topological polar surface area (TPSA) is 53.1 Å². The number of nitrogen functional groups attached to an aromatic ring is 1. The smallest absolute Gasteiger partial charge is 0.123 e. The van der Waals surface area contributed by atoms with Gasteiger partial charge >= 0.3 is 0 Å². The quantitative estimate of drug-likeness (QED) is 0.581. The summed E-state index contributed by atoms with van der Waals surface area (Å²) in [7, 11) is 0. The van der Waals surface area contributed by atoms with E-state index >= 15 is 0 Å². The molecule has 3 nitrogen and oxygen atoms in total. The van der Waals surface area contributed by atoms with Gasteiger partial charge in [-0.1, -0.05) is 20.3 Å². The van der Waals surface area contributed by atoms with Crippen molar-refractivity contribution in [2.45, 2.75) is 53.0 Å². The number of nitrogens with two attached hydrogens (primary N) is 1. The van der Waals surface area contributed by atoms with E-state index < -0.39 is 0 Å². The van der Waals surface area contributed by atoms with Gasteiger partial charge in [-0.25, -0.2) is 0 Å². The molecule has 0 aliphatic heterocycles. The standard InChI is InChI=1S/C16H27N3/c1-5-7-10-19(13(4)6-2)14-8-9-15(16(17)18)12(3)11-14/h8-9,11,13H,5-7,10H2,1-4H3,(H3,17,18). The number of anilines is 1. The zero-order valence-electron chi connectivity index (χ0n) is 12.7. The highest BCUT2D eigenvalue weighted by atomic mass is 15.2. The van der Waals surface area contributed by atoms with Gasteiger partial charge in [-0.3, -0.25) is 5.41 Å². The summed E-state index contributed by atoms with van der Waals surface area (Å²) in [4.78, 5) is 2.46. The van der Waals surface area contributed by atoms with Gasteiger partial charge in [0, 0.05) is 23.8 Å². The van der Waals surface area contributed by atoms with Gasteiger partial charge in [-0.15, -0.1) is 0 Å². The number of hydrogen-bond acceptors (Lipinski definition) is 2. The Morgan fingerprint density at radius 3 is 2.53 bits per heavy atom. The second-order valence-corrected chi connectivity index (χ2v) is 5.22. The molecule has 1 aromatic rings. The molecule has 0 fully saturated rings. The molecule has 3 N–H and O–H groups in total. The minimum absolute atomic E-state index is 0.146. The minimum atomic E-state index is 0.146. The van der Waals surface area contributed by atoms with Crippen LogP contribution in [0.15, 0.2) is 18.2 Å². The third-order valence-electron chi connectivity index (χ3n) is 3.71. The molecule has 106 valence electrons. The van der Waals surface area contributed by atoms with Crippen LogP contribution in [0.2, 0.25) is 0 Å². The van der Waals surface area contributed by atoms with Gasteiger partial charge in [0.15, 0.2) is 0 Å². The van der Waals surface area contributed by atoms with Crippen LogP contribution in [0, 0.1) is 12.3 Å². The van der Waals surface area contributed by atoms with Crippen molar-refractivity contribution in [2.75, 3.05) is 11.4 Å². The third-order valence-corrected chi connectivity index (χ3v) is 3.71. The van der Waals surface area contributed by atoms with E-state index in [1.165, 1.54) is 18.5 Å². The highest BCUT2D eigenvalue weighted by Crippen LogP contribution is 2.22. The molecule has 1 aromatic carbocycles. The van der Waals surface area contributed by atoms with Gasteiger partial charge in [0.2, 0.25) is 0 Å². The van der Waals surface area contributed by atoms with Crippen molar-refractivity contribution < 1.29 is 0 Å². The second-order valence-electron chi connectivity index (χ2n) is 5.22. The lowest BCUT2D eigenvalue weighted by molar-refractivity contribution is 0.595. The lowest BCUT2D eigenvalue weighted by Gasteiger charge is -2.31. The van der Waals surface area contributed by atoms with E-state index in [0.717, 1.165) is 24.1 Å². The molecular formula is C16H27N3. The van der Waals surface area contributed by atoms with Crippen LogP contribution < -0.4 is 10.6 Å². The number of unbranched alkanes of at least 4 members (excludes halogenated alkanes) is 1. The van der Waals surface area contributed by atoms with Crippen molar-refractivity contribution in [1.82, 2.24) is 0 Å². The minimum Gasteiger partial charge on any atom is -0.384 e. The van der Waals surface area contributed by atoms with E-state index in [1.54, 1.807) is 0 Å². The lowest BCUT2D eigenvalue weighted by Crippen LogP contribution is -2.33. The Bertz CT molecular complexity index is 426. The molecule has 0 amide bonds. The van der Waals surface area contributed by atoms with Crippen molar-refractivity contribution in [3.8, 4) is 0 Å². The number of aryl methyl sites for hydroxylation is 1. The first-order valence-electron chi connectivity index (χ1n) is 7.22. The molecule has 0 aliphatic rings. The highest BCUT2D eigenvalue weighted by molar-refractivity contribution is 5.96. The molecule has 0 saturated heterocycles. The Labute approximate surface area is 117 Å². The van der Waals surface area contributed by atoms with E-state index in [-0.39, 0.29) is 5.84 Å². The molecule has 0 heterocycles. The van der Waals surface area contributed by atoms with Crippen LogP contribution in [-0.4, -0.2) is 18.4 Å². The average Bonchev–Trinajstić information content (AvgIpc) is 2.38. The molecule has 0 bridgehead atoms. The second kappa shape index (κ2) is 7.17. The summed E-state index contributed by atoms with van der Waals surface area (Å²) in [6, 6.07) is 6.74. The first-order chi connectivity index (χ1) is 9.01. The van der Waals surface area contributed by atoms with Gasteiger partial charge < -0.3 is 10.6 Å². The van der Waals surface area contributed by atoms with Gasteiger partial charge in [0.1, 0.15) is 5.84 Å². The van der Waals surface area contributed by atoms with Crippen LogP contribution in [0.1, 0.15) is 51.2 Å².